The Morgan fingerprint density at radius 1 is 1.25 bits per heavy atom. The first kappa shape index (κ1) is 8.89. The van der Waals surface area contributed by atoms with E-state index in [1.54, 1.807) is 24.3 Å². The zero-order chi connectivity index (χ0) is 7.84. The monoisotopic (exact) mass is 185 g/mol. The molecule has 0 radical (unpaired) electrons. The molecule has 1 aromatic rings. The van der Waals surface area contributed by atoms with E-state index in [0.717, 1.165) is 0 Å². The quantitative estimate of drug-likeness (QED) is 0.598. The maximum Gasteiger partial charge on any atom is 0.264 e. The molecule has 0 saturated carbocycles. The standard InChI is InChI=1S/C7H5NO2S.H2O/c9-7-5-3-1-2-4-6(5)11(10)8-7;/h1-4H,(H,8,9);1H2. The van der Waals surface area contributed by atoms with Crippen LogP contribution in [0.3, 0.4) is 0 Å². The molecule has 1 aliphatic heterocycles. The second-order valence-electron chi connectivity index (χ2n) is 2.20. The van der Waals surface area contributed by atoms with Gasteiger partial charge in [0.05, 0.1) is 10.5 Å². The summed E-state index contributed by atoms with van der Waals surface area (Å²) >= 11 is 0. The summed E-state index contributed by atoms with van der Waals surface area (Å²) in [5, 5.41) is 0. The van der Waals surface area contributed by atoms with E-state index in [1.807, 2.05) is 0 Å². The molecule has 0 saturated heterocycles. The van der Waals surface area contributed by atoms with Crippen LogP contribution >= 0.6 is 0 Å². The largest absolute Gasteiger partial charge is 0.412 e. The maximum absolute atomic E-state index is 11.1. The molecule has 0 bridgehead atoms. The molecule has 12 heavy (non-hydrogen) atoms. The molecule has 1 atom stereocenters. The van der Waals surface area contributed by atoms with Crippen LogP contribution in [0.25, 0.3) is 0 Å². The topological polar surface area (TPSA) is 77.7 Å². The van der Waals surface area contributed by atoms with Crippen molar-refractivity contribution in [2.24, 2.45) is 0 Å². The SMILES string of the molecule is O.O=C1NS(=O)c2ccccc21. The van der Waals surface area contributed by atoms with Gasteiger partial charge in [-0.3, -0.25) is 9.52 Å². The smallest absolute Gasteiger partial charge is 0.264 e. The molecular formula is C7H7NO3S. The van der Waals surface area contributed by atoms with Gasteiger partial charge in [-0.2, -0.15) is 0 Å². The molecule has 0 aromatic heterocycles. The normalized spacial score (nSPS) is 19.3. The summed E-state index contributed by atoms with van der Waals surface area (Å²) in [7, 11) is -1.33. The summed E-state index contributed by atoms with van der Waals surface area (Å²) in [5.41, 5.74) is 0.519. The van der Waals surface area contributed by atoms with Crippen molar-refractivity contribution in [2.45, 2.75) is 4.90 Å². The number of carbonyl (C=O) groups excluding carboxylic acids is 1. The zero-order valence-corrected chi connectivity index (χ0v) is 6.85. The van der Waals surface area contributed by atoms with Crippen LogP contribution in [0.1, 0.15) is 10.4 Å². The van der Waals surface area contributed by atoms with E-state index in [1.165, 1.54) is 0 Å². The fourth-order valence-electron chi connectivity index (χ4n) is 1.01. The highest BCUT2D eigenvalue weighted by molar-refractivity contribution is 7.84. The lowest BCUT2D eigenvalue weighted by atomic mass is 10.2. The van der Waals surface area contributed by atoms with E-state index in [4.69, 9.17) is 0 Å². The molecule has 1 unspecified atom stereocenters. The Balaban J connectivity index is 0.000000720. The van der Waals surface area contributed by atoms with Gasteiger partial charge in [0.25, 0.3) is 5.91 Å². The van der Waals surface area contributed by atoms with Crippen molar-refractivity contribution in [1.82, 2.24) is 4.72 Å². The van der Waals surface area contributed by atoms with Crippen LogP contribution in [0.4, 0.5) is 0 Å². The molecule has 1 aliphatic rings. The van der Waals surface area contributed by atoms with Gasteiger partial charge in [0.2, 0.25) is 0 Å². The lowest BCUT2D eigenvalue weighted by molar-refractivity contribution is 0.0986. The van der Waals surface area contributed by atoms with E-state index < -0.39 is 11.0 Å². The fraction of sp³-hybridized carbons (Fsp3) is 0. The molecule has 0 spiro atoms. The van der Waals surface area contributed by atoms with Crippen molar-refractivity contribution in [1.29, 1.82) is 0 Å². The molecule has 64 valence electrons. The third-order valence-electron chi connectivity index (χ3n) is 1.52. The van der Waals surface area contributed by atoms with Crippen molar-refractivity contribution in [2.75, 3.05) is 0 Å². The molecule has 5 heteroatoms. The predicted molar refractivity (Wildman–Crippen MR) is 43.9 cm³/mol. The molecule has 2 rings (SSSR count). The summed E-state index contributed by atoms with van der Waals surface area (Å²) in [5.74, 6) is -0.251. The van der Waals surface area contributed by atoms with Gasteiger partial charge < -0.3 is 5.48 Å². The summed E-state index contributed by atoms with van der Waals surface area (Å²) in [6.07, 6.45) is 0. The van der Waals surface area contributed by atoms with Crippen LogP contribution in [-0.4, -0.2) is 15.6 Å². The third kappa shape index (κ3) is 1.13. The number of hydrogen-bond acceptors (Lipinski definition) is 2. The Bertz CT molecular complexity index is 317. The number of hydrogen-bond donors (Lipinski definition) is 1. The molecule has 1 aromatic carbocycles. The Morgan fingerprint density at radius 2 is 1.92 bits per heavy atom. The second-order valence-corrected chi connectivity index (χ2v) is 3.38. The lowest BCUT2D eigenvalue weighted by Crippen LogP contribution is -2.15. The third-order valence-corrected chi connectivity index (χ3v) is 2.64. The average Bonchev–Trinajstić information content (AvgIpc) is 2.30. The van der Waals surface area contributed by atoms with Crippen LogP contribution in [0, 0.1) is 0 Å². The van der Waals surface area contributed by atoms with Crippen LogP contribution in [0.15, 0.2) is 29.2 Å². The van der Waals surface area contributed by atoms with Crippen LogP contribution in [0.2, 0.25) is 0 Å². The van der Waals surface area contributed by atoms with Gasteiger partial charge in [-0.15, -0.1) is 0 Å². The number of benzene rings is 1. The van der Waals surface area contributed by atoms with E-state index in [0.29, 0.717) is 10.5 Å². The first-order valence-corrected chi connectivity index (χ1v) is 4.26. The zero-order valence-electron chi connectivity index (χ0n) is 6.03. The van der Waals surface area contributed by atoms with E-state index in [9.17, 15) is 9.00 Å². The minimum Gasteiger partial charge on any atom is -0.412 e. The summed E-state index contributed by atoms with van der Waals surface area (Å²) in [6, 6.07) is 6.86. The highest BCUT2D eigenvalue weighted by Gasteiger charge is 2.24. The summed E-state index contributed by atoms with van der Waals surface area (Å²) in [6.45, 7) is 0. The molecule has 0 aliphatic carbocycles. The second kappa shape index (κ2) is 3.04. The lowest BCUT2D eigenvalue weighted by Gasteiger charge is -1.88. The average molecular weight is 185 g/mol. The Kier molecular flexibility index (Phi) is 2.25. The van der Waals surface area contributed by atoms with Gasteiger partial charge in [0.15, 0.2) is 11.0 Å². The highest BCUT2D eigenvalue weighted by atomic mass is 32.2. The highest BCUT2D eigenvalue weighted by Crippen LogP contribution is 2.17. The van der Waals surface area contributed by atoms with Crippen molar-refractivity contribution in [3.8, 4) is 0 Å². The Labute approximate surface area is 71.5 Å². The van der Waals surface area contributed by atoms with E-state index in [2.05, 4.69) is 4.72 Å². The number of nitrogens with one attached hydrogen (secondary N) is 1. The molecule has 0 fully saturated rings. The van der Waals surface area contributed by atoms with Crippen molar-refractivity contribution in [3.63, 3.8) is 0 Å². The van der Waals surface area contributed by atoms with Crippen molar-refractivity contribution in [3.05, 3.63) is 29.8 Å². The van der Waals surface area contributed by atoms with Gasteiger partial charge in [0.1, 0.15) is 0 Å². The van der Waals surface area contributed by atoms with Crippen molar-refractivity contribution >= 4 is 16.9 Å². The summed E-state index contributed by atoms with van der Waals surface area (Å²) in [4.78, 5) is 11.6. The van der Waals surface area contributed by atoms with Gasteiger partial charge >= 0.3 is 0 Å². The van der Waals surface area contributed by atoms with Crippen molar-refractivity contribution < 1.29 is 14.5 Å². The number of carbonyl (C=O) groups is 1. The predicted octanol–water partition coefficient (Wildman–Crippen LogP) is -0.372. The number of rotatable bonds is 0. The first-order chi connectivity index (χ1) is 5.29. The van der Waals surface area contributed by atoms with Gasteiger partial charge in [-0.25, -0.2) is 4.21 Å². The maximum atomic E-state index is 11.1. The fourth-order valence-corrected chi connectivity index (χ4v) is 1.96. The molecule has 1 amide bonds. The van der Waals surface area contributed by atoms with Crippen LogP contribution < -0.4 is 4.72 Å². The van der Waals surface area contributed by atoms with Crippen LogP contribution in [0.5, 0.6) is 0 Å². The molecule has 1 heterocycles. The van der Waals surface area contributed by atoms with Gasteiger partial charge in [-0.1, -0.05) is 12.1 Å². The number of fused-ring (bicyclic) bond motifs is 1. The Hall–Kier alpha value is -1.20. The van der Waals surface area contributed by atoms with E-state index in [-0.39, 0.29) is 11.4 Å². The molecule has 4 nitrogen and oxygen atoms in total. The minimum absolute atomic E-state index is 0. The van der Waals surface area contributed by atoms with Gasteiger partial charge in [-0.05, 0) is 12.1 Å². The summed E-state index contributed by atoms with van der Waals surface area (Å²) < 4.78 is 13.4. The van der Waals surface area contributed by atoms with Gasteiger partial charge in [0, 0.05) is 0 Å². The van der Waals surface area contributed by atoms with Crippen LogP contribution in [-0.2, 0) is 11.0 Å². The minimum atomic E-state index is -1.33. The molecule has 3 N–H and O–H groups in total. The Morgan fingerprint density at radius 3 is 2.58 bits per heavy atom. The molecular weight excluding hydrogens is 178 g/mol. The first-order valence-electron chi connectivity index (χ1n) is 3.11. The van der Waals surface area contributed by atoms with E-state index >= 15 is 0 Å². The number of amides is 1.